The molecule has 6 heteroatoms. The monoisotopic (exact) mass is 299 g/mol. The van der Waals surface area contributed by atoms with Crippen molar-refractivity contribution >= 4 is 23.2 Å². The lowest BCUT2D eigenvalue weighted by molar-refractivity contribution is 0.351. The van der Waals surface area contributed by atoms with Crippen molar-refractivity contribution in [2.45, 2.75) is 25.7 Å². The summed E-state index contributed by atoms with van der Waals surface area (Å²) in [6, 6.07) is 5.36. The highest BCUT2D eigenvalue weighted by molar-refractivity contribution is 6.35. The van der Waals surface area contributed by atoms with Gasteiger partial charge in [-0.25, -0.2) is 0 Å². The zero-order valence-electron chi connectivity index (χ0n) is 10.6. The van der Waals surface area contributed by atoms with Crippen molar-refractivity contribution in [3.63, 3.8) is 0 Å². The Balaban J connectivity index is 2.11. The zero-order chi connectivity index (χ0) is 13.8. The van der Waals surface area contributed by atoms with Crippen LogP contribution in [0.15, 0.2) is 22.7 Å². The van der Waals surface area contributed by atoms with E-state index in [1.165, 1.54) is 0 Å². The number of halogens is 2. The van der Waals surface area contributed by atoms with Gasteiger partial charge in [0, 0.05) is 22.4 Å². The molecule has 0 aliphatic carbocycles. The molecule has 4 nitrogen and oxygen atoms in total. The van der Waals surface area contributed by atoms with Crippen LogP contribution < -0.4 is 5.73 Å². The molecule has 0 radical (unpaired) electrons. The Morgan fingerprint density at radius 3 is 2.84 bits per heavy atom. The van der Waals surface area contributed by atoms with E-state index < -0.39 is 0 Å². The summed E-state index contributed by atoms with van der Waals surface area (Å²) in [7, 11) is 0. The number of hydrogen-bond donors (Lipinski definition) is 1. The van der Waals surface area contributed by atoms with Crippen LogP contribution in [0.2, 0.25) is 10.0 Å². The van der Waals surface area contributed by atoms with Crippen molar-refractivity contribution in [2.24, 2.45) is 5.73 Å². The Bertz CT molecular complexity index is 557. The van der Waals surface area contributed by atoms with Crippen LogP contribution in [0.3, 0.4) is 0 Å². The molecule has 0 saturated carbocycles. The van der Waals surface area contributed by atoms with Gasteiger partial charge in [0.25, 0.3) is 0 Å². The van der Waals surface area contributed by atoms with Crippen molar-refractivity contribution in [2.75, 3.05) is 6.54 Å². The number of benzene rings is 1. The first-order chi connectivity index (χ1) is 9.10. The summed E-state index contributed by atoms with van der Waals surface area (Å²) in [5.74, 6) is 1.40. The van der Waals surface area contributed by atoms with Crippen LogP contribution in [-0.4, -0.2) is 16.7 Å². The van der Waals surface area contributed by atoms with Gasteiger partial charge in [-0.1, -0.05) is 41.3 Å². The molecule has 1 heterocycles. The Morgan fingerprint density at radius 1 is 1.37 bits per heavy atom. The highest BCUT2D eigenvalue weighted by Crippen LogP contribution is 2.23. The third kappa shape index (κ3) is 3.69. The molecule has 1 aromatic carbocycles. The molecule has 1 atom stereocenters. The molecule has 0 aliphatic rings. The quantitative estimate of drug-likeness (QED) is 0.919. The molecule has 2 aromatic rings. The Morgan fingerprint density at radius 2 is 2.16 bits per heavy atom. The third-order valence-electron chi connectivity index (χ3n) is 2.87. The Labute approximate surface area is 121 Å². The first kappa shape index (κ1) is 14.3. The minimum absolute atomic E-state index is 0.173. The maximum absolute atomic E-state index is 6.11. The first-order valence-corrected chi connectivity index (χ1v) is 6.82. The highest BCUT2D eigenvalue weighted by Gasteiger charge is 2.14. The number of nitrogens with zero attached hydrogens (tertiary/aromatic N) is 2. The Hall–Kier alpha value is -1.10. The van der Waals surface area contributed by atoms with Crippen LogP contribution in [-0.2, 0) is 6.42 Å². The average Bonchev–Trinajstić information content (AvgIpc) is 2.82. The first-order valence-electron chi connectivity index (χ1n) is 6.06. The molecule has 2 N–H and O–H groups in total. The summed E-state index contributed by atoms with van der Waals surface area (Å²) in [4.78, 5) is 4.36. The SMILES string of the molecule is CC(CCN)c1nc(Cc2ccc(Cl)cc2Cl)no1. The predicted octanol–water partition coefficient (Wildman–Crippen LogP) is 3.42. The van der Waals surface area contributed by atoms with E-state index in [0.29, 0.717) is 34.7 Å². The Kier molecular flexibility index (Phi) is 4.80. The average molecular weight is 300 g/mol. The number of rotatable bonds is 5. The standard InChI is InChI=1S/C13H15Cl2N3O/c1-8(4-5-16)13-17-12(18-19-13)6-9-2-3-10(14)7-11(9)15/h2-3,7-8H,4-6,16H2,1H3. The van der Waals surface area contributed by atoms with Crippen LogP contribution in [0.4, 0.5) is 0 Å². The van der Waals surface area contributed by atoms with Gasteiger partial charge in [0.15, 0.2) is 5.82 Å². The summed E-state index contributed by atoms with van der Waals surface area (Å²) < 4.78 is 5.23. The largest absolute Gasteiger partial charge is 0.339 e. The smallest absolute Gasteiger partial charge is 0.229 e. The molecular formula is C13H15Cl2N3O. The summed E-state index contributed by atoms with van der Waals surface area (Å²) >= 11 is 12.0. The van der Waals surface area contributed by atoms with Crippen LogP contribution >= 0.6 is 23.2 Å². The van der Waals surface area contributed by atoms with E-state index in [0.717, 1.165) is 12.0 Å². The van der Waals surface area contributed by atoms with Crippen LogP contribution in [0.5, 0.6) is 0 Å². The van der Waals surface area contributed by atoms with Gasteiger partial charge in [-0.05, 0) is 30.7 Å². The molecule has 19 heavy (non-hydrogen) atoms. The number of aromatic nitrogens is 2. The van der Waals surface area contributed by atoms with Crippen molar-refractivity contribution in [3.8, 4) is 0 Å². The van der Waals surface area contributed by atoms with Gasteiger partial charge in [0.1, 0.15) is 0 Å². The molecule has 0 aliphatic heterocycles. The maximum Gasteiger partial charge on any atom is 0.229 e. The van der Waals surface area contributed by atoms with Crippen molar-refractivity contribution in [3.05, 3.63) is 45.5 Å². The maximum atomic E-state index is 6.11. The summed E-state index contributed by atoms with van der Waals surface area (Å²) in [5.41, 5.74) is 6.43. The number of nitrogens with two attached hydrogens (primary N) is 1. The molecule has 102 valence electrons. The van der Waals surface area contributed by atoms with Gasteiger partial charge >= 0.3 is 0 Å². The lowest BCUT2D eigenvalue weighted by Gasteiger charge is -2.02. The lowest BCUT2D eigenvalue weighted by Crippen LogP contribution is -2.04. The second-order valence-electron chi connectivity index (χ2n) is 4.44. The molecule has 0 spiro atoms. The van der Waals surface area contributed by atoms with Crippen LogP contribution in [0.1, 0.15) is 36.5 Å². The van der Waals surface area contributed by atoms with E-state index in [9.17, 15) is 0 Å². The van der Waals surface area contributed by atoms with E-state index in [1.54, 1.807) is 12.1 Å². The molecule has 0 fully saturated rings. The van der Waals surface area contributed by atoms with Crippen molar-refractivity contribution in [1.82, 2.24) is 10.1 Å². The van der Waals surface area contributed by atoms with Crippen molar-refractivity contribution < 1.29 is 4.52 Å². The van der Waals surface area contributed by atoms with Gasteiger partial charge in [0.05, 0.1) is 0 Å². The lowest BCUT2D eigenvalue weighted by atomic mass is 10.1. The third-order valence-corrected chi connectivity index (χ3v) is 3.46. The summed E-state index contributed by atoms with van der Waals surface area (Å²) in [6.45, 7) is 2.61. The van der Waals surface area contributed by atoms with Gasteiger partial charge in [0.2, 0.25) is 5.89 Å². The predicted molar refractivity (Wildman–Crippen MR) is 75.7 cm³/mol. The fourth-order valence-corrected chi connectivity index (χ4v) is 2.22. The second-order valence-corrected chi connectivity index (χ2v) is 5.28. The second kappa shape index (κ2) is 6.37. The van der Waals surface area contributed by atoms with Crippen molar-refractivity contribution in [1.29, 1.82) is 0 Å². The van der Waals surface area contributed by atoms with E-state index in [1.807, 2.05) is 13.0 Å². The van der Waals surface area contributed by atoms with Crippen LogP contribution in [0.25, 0.3) is 0 Å². The fourth-order valence-electron chi connectivity index (χ4n) is 1.75. The summed E-state index contributed by atoms with van der Waals surface area (Å²) in [5, 5.41) is 5.18. The molecule has 1 aromatic heterocycles. The molecule has 0 saturated heterocycles. The van der Waals surface area contributed by atoms with Crippen LogP contribution in [0, 0.1) is 0 Å². The molecular weight excluding hydrogens is 285 g/mol. The van der Waals surface area contributed by atoms with E-state index in [-0.39, 0.29) is 5.92 Å². The number of hydrogen-bond acceptors (Lipinski definition) is 4. The zero-order valence-corrected chi connectivity index (χ0v) is 12.1. The molecule has 2 rings (SSSR count). The summed E-state index contributed by atoms with van der Waals surface area (Å²) in [6.07, 6.45) is 1.35. The van der Waals surface area contributed by atoms with E-state index in [4.69, 9.17) is 33.5 Å². The molecule has 0 amide bonds. The topological polar surface area (TPSA) is 64.9 Å². The molecule has 1 unspecified atom stereocenters. The van der Waals surface area contributed by atoms with Gasteiger partial charge in [-0.15, -0.1) is 0 Å². The van der Waals surface area contributed by atoms with Gasteiger partial charge in [-0.2, -0.15) is 4.98 Å². The highest BCUT2D eigenvalue weighted by atomic mass is 35.5. The van der Waals surface area contributed by atoms with Gasteiger partial charge < -0.3 is 10.3 Å². The fraction of sp³-hybridized carbons (Fsp3) is 0.385. The minimum atomic E-state index is 0.173. The molecule has 0 bridgehead atoms. The van der Waals surface area contributed by atoms with Gasteiger partial charge in [-0.3, -0.25) is 0 Å². The normalized spacial score (nSPS) is 12.6. The van der Waals surface area contributed by atoms with E-state index >= 15 is 0 Å². The minimum Gasteiger partial charge on any atom is -0.339 e. The van der Waals surface area contributed by atoms with E-state index in [2.05, 4.69) is 10.1 Å².